The maximum atomic E-state index is 12.3. The first kappa shape index (κ1) is 16.6. The van der Waals surface area contributed by atoms with E-state index in [-0.39, 0.29) is 11.8 Å². The minimum Gasteiger partial charge on any atom is -0.381 e. The van der Waals surface area contributed by atoms with Crippen molar-refractivity contribution in [2.45, 2.75) is 45.3 Å². The van der Waals surface area contributed by atoms with Crippen LogP contribution in [0.4, 0.5) is 0 Å². The van der Waals surface area contributed by atoms with Crippen LogP contribution in [-0.2, 0) is 16.1 Å². The molecule has 0 saturated heterocycles. The van der Waals surface area contributed by atoms with E-state index >= 15 is 0 Å². The summed E-state index contributed by atoms with van der Waals surface area (Å²) in [5, 5.41) is 10.1. The Hall–Kier alpha value is -2.21. The van der Waals surface area contributed by atoms with Gasteiger partial charge in [-0.15, -0.1) is 0 Å². The molecule has 0 aliphatic heterocycles. The van der Waals surface area contributed by atoms with Crippen LogP contribution < -0.4 is 5.32 Å². The van der Waals surface area contributed by atoms with Gasteiger partial charge >= 0.3 is 0 Å². The molecule has 1 heterocycles. The van der Waals surface area contributed by atoms with E-state index in [2.05, 4.69) is 20.5 Å². The number of amides is 1. The number of hydrogen-bond acceptors (Lipinski definition) is 4. The number of carbonyl (C=O) groups excluding carboxylic acids is 1. The van der Waals surface area contributed by atoms with Crippen molar-refractivity contribution in [3.63, 3.8) is 0 Å². The van der Waals surface area contributed by atoms with Gasteiger partial charge in [-0.05, 0) is 32.6 Å². The van der Waals surface area contributed by atoms with Gasteiger partial charge in [-0.3, -0.25) is 9.89 Å². The van der Waals surface area contributed by atoms with Crippen LogP contribution in [0.1, 0.15) is 37.1 Å². The van der Waals surface area contributed by atoms with Crippen LogP contribution in [0.5, 0.6) is 0 Å². The van der Waals surface area contributed by atoms with Crippen LogP contribution in [0.15, 0.2) is 24.3 Å². The molecule has 128 valence electrons. The van der Waals surface area contributed by atoms with Crippen molar-refractivity contribution in [1.29, 1.82) is 0 Å². The molecule has 1 aliphatic carbocycles. The van der Waals surface area contributed by atoms with Crippen molar-refractivity contribution in [2.75, 3.05) is 7.11 Å². The van der Waals surface area contributed by atoms with Gasteiger partial charge in [0.05, 0.1) is 12.6 Å². The fraction of sp³-hybridized carbons (Fsp3) is 0.500. The van der Waals surface area contributed by atoms with Crippen molar-refractivity contribution in [1.82, 2.24) is 20.5 Å². The van der Waals surface area contributed by atoms with E-state index < -0.39 is 0 Å². The minimum absolute atomic E-state index is 0.0795. The normalized spacial score (nSPS) is 20.8. The number of methoxy groups -OCH3 is 1. The van der Waals surface area contributed by atoms with Gasteiger partial charge in [0.15, 0.2) is 5.82 Å². The predicted molar refractivity (Wildman–Crippen MR) is 91.2 cm³/mol. The first-order chi connectivity index (χ1) is 11.7. The highest BCUT2D eigenvalue weighted by atomic mass is 16.5. The molecule has 6 heteroatoms. The zero-order valence-corrected chi connectivity index (χ0v) is 14.2. The number of nitrogens with one attached hydrogen (secondary N) is 2. The Bertz CT molecular complexity index is 673. The third kappa shape index (κ3) is 4.00. The van der Waals surface area contributed by atoms with E-state index in [0.717, 1.165) is 31.2 Å². The van der Waals surface area contributed by atoms with Gasteiger partial charge in [0.25, 0.3) is 0 Å². The number of aromatic nitrogens is 3. The molecular formula is C18H24N4O2. The van der Waals surface area contributed by atoms with Crippen LogP contribution >= 0.6 is 0 Å². The molecule has 1 saturated carbocycles. The lowest BCUT2D eigenvalue weighted by Gasteiger charge is -2.26. The summed E-state index contributed by atoms with van der Waals surface area (Å²) in [5.41, 5.74) is 2.16. The molecule has 1 fully saturated rings. The van der Waals surface area contributed by atoms with Crippen LogP contribution in [-0.4, -0.2) is 34.3 Å². The van der Waals surface area contributed by atoms with Gasteiger partial charge in [-0.2, -0.15) is 5.10 Å². The Balaban J connectivity index is 1.52. The zero-order valence-electron chi connectivity index (χ0n) is 14.2. The molecule has 3 rings (SSSR count). The number of carbonyl (C=O) groups is 1. The second-order valence-corrected chi connectivity index (χ2v) is 6.40. The SMILES string of the molecule is COC1CCC(C(=O)NCc2nc(-c3ccc(C)cc3)n[nH]2)CC1. The molecule has 1 amide bonds. The zero-order chi connectivity index (χ0) is 16.9. The summed E-state index contributed by atoms with van der Waals surface area (Å²) in [7, 11) is 1.74. The molecular weight excluding hydrogens is 304 g/mol. The highest BCUT2D eigenvalue weighted by molar-refractivity contribution is 5.78. The molecule has 1 aromatic carbocycles. The molecule has 24 heavy (non-hydrogen) atoms. The van der Waals surface area contributed by atoms with E-state index in [4.69, 9.17) is 4.74 Å². The second kappa shape index (κ2) is 7.57. The fourth-order valence-corrected chi connectivity index (χ4v) is 3.08. The maximum absolute atomic E-state index is 12.3. The predicted octanol–water partition coefficient (Wildman–Crippen LogP) is 2.60. The summed E-state index contributed by atoms with van der Waals surface area (Å²) in [5.74, 6) is 1.50. The number of nitrogens with zero attached hydrogens (tertiary/aromatic N) is 2. The molecule has 2 aromatic rings. The Morgan fingerprint density at radius 2 is 1.96 bits per heavy atom. The first-order valence-electron chi connectivity index (χ1n) is 8.44. The number of H-pyrrole nitrogens is 1. The Morgan fingerprint density at radius 1 is 1.25 bits per heavy atom. The van der Waals surface area contributed by atoms with Crippen molar-refractivity contribution in [3.05, 3.63) is 35.7 Å². The molecule has 0 atom stereocenters. The topological polar surface area (TPSA) is 79.9 Å². The average Bonchev–Trinajstić information content (AvgIpc) is 3.09. The monoisotopic (exact) mass is 328 g/mol. The average molecular weight is 328 g/mol. The Morgan fingerprint density at radius 3 is 2.62 bits per heavy atom. The molecule has 0 spiro atoms. The van der Waals surface area contributed by atoms with E-state index in [9.17, 15) is 4.79 Å². The number of aromatic amines is 1. The number of aryl methyl sites for hydroxylation is 1. The van der Waals surface area contributed by atoms with Gasteiger partial charge in [0.1, 0.15) is 5.82 Å². The van der Waals surface area contributed by atoms with Crippen LogP contribution in [0.25, 0.3) is 11.4 Å². The quantitative estimate of drug-likeness (QED) is 0.884. The van der Waals surface area contributed by atoms with Crippen molar-refractivity contribution in [2.24, 2.45) is 5.92 Å². The largest absolute Gasteiger partial charge is 0.381 e. The summed E-state index contributed by atoms with van der Waals surface area (Å²) < 4.78 is 5.35. The Labute approximate surface area is 142 Å². The number of hydrogen-bond donors (Lipinski definition) is 2. The van der Waals surface area contributed by atoms with E-state index in [1.165, 1.54) is 5.56 Å². The summed E-state index contributed by atoms with van der Waals surface area (Å²) >= 11 is 0. The standard InChI is InChI=1S/C18H24N4O2/c1-12-3-5-13(6-4-12)17-20-16(21-22-17)11-19-18(23)14-7-9-15(24-2)10-8-14/h3-6,14-15H,7-11H2,1-2H3,(H,19,23)(H,20,21,22). The summed E-state index contributed by atoms with van der Waals surface area (Å²) in [4.78, 5) is 16.7. The third-order valence-electron chi connectivity index (χ3n) is 4.65. The third-order valence-corrected chi connectivity index (χ3v) is 4.65. The van der Waals surface area contributed by atoms with Gasteiger partial charge < -0.3 is 10.1 Å². The highest BCUT2D eigenvalue weighted by Gasteiger charge is 2.26. The van der Waals surface area contributed by atoms with E-state index in [1.807, 2.05) is 31.2 Å². The molecule has 2 N–H and O–H groups in total. The fourth-order valence-electron chi connectivity index (χ4n) is 3.08. The van der Waals surface area contributed by atoms with E-state index in [0.29, 0.717) is 24.3 Å². The lowest BCUT2D eigenvalue weighted by molar-refractivity contribution is -0.127. The second-order valence-electron chi connectivity index (χ2n) is 6.40. The smallest absolute Gasteiger partial charge is 0.223 e. The molecule has 1 aromatic heterocycles. The van der Waals surface area contributed by atoms with Gasteiger partial charge in [0, 0.05) is 18.6 Å². The van der Waals surface area contributed by atoms with Crippen molar-refractivity contribution >= 4 is 5.91 Å². The molecule has 0 bridgehead atoms. The van der Waals surface area contributed by atoms with Crippen LogP contribution in [0.2, 0.25) is 0 Å². The number of benzene rings is 1. The number of rotatable bonds is 5. The van der Waals surface area contributed by atoms with E-state index in [1.54, 1.807) is 7.11 Å². The molecule has 6 nitrogen and oxygen atoms in total. The number of ether oxygens (including phenoxy) is 1. The van der Waals surface area contributed by atoms with Crippen molar-refractivity contribution in [3.8, 4) is 11.4 Å². The van der Waals surface area contributed by atoms with Gasteiger partial charge in [0.2, 0.25) is 5.91 Å². The molecule has 0 unspecified atom stereocenters. The van der Waals surface area contributed by atoms with Gasteiger partial charge in [-0.25, -0.2) is 4.98 Å². The summed E-state index contributed by atoms with van der Waals surface area (Å²) in [6, 6.07) is 8.05. The first-order valence-corrected chi connectivity index (χ1v) is 8.44. The van der Waals surface area contributed by atoms with Crippen molar-refractivity contribution < 1.29 is 9.53 Å². The minimum atomic E-state index is 0.0795. The highest BCUT2D eigenvalue weighted by Crippen LogP contribution is 2.26. The summed E-state index contributed by atoms with van der Waals surface area (Å²) in [6.07, 6.45) is 3.98. The molecule has 1 aliphatic rings. The van der Waals surface area contributed by atoms with Crippen LogP contribution in [0.3, 0.4) is 0 Å². The maximum Gasteiger partial charge on any atom is 0.223 e. The summed E-state index contributed by atoms with van der Waals surface area (Å²) in [6.45, 7) is 2.42. The van der Waals surface area contributed by atoms with Gasteiger partial charge in [-0.1, -0.05) is 29.8 Å². The Kier molecular flexibility index (Phi) is 5.25. The lowest BCUT2D eigenvalue weighted by Crippen LogP contribution is -2.34. The lowest BCUT2D eigenvalue weighted by atomic mass is 9.87. The molecule has 0 radical (unpaired) electrons. The van der Waals surface area contributed by atoms with Crippen LogP contribution in [0, 0.1) is 12.8 Å².